The number of ether oxygens (including phenoxy) is 1. The lowest BCUT2D eigenvalue weighted by Gasteiger charge is -2.43. The number of amides is 3. The number of aryl methyl sites for hydroxylation is 1. The number of carbonyl (C=O) groups excluding carboxylic acids is 3. The van der Waals surface area contributed by atoms with Gasteiger partial charge in [-0.3, -0.25) is 9.59 Å². The van der Waals surface area contributed by atoms with Gasteiger partial charge in [0.1, 0.15) is 23.4 Å². The molecule has 2 unspecified atom stereocenters. The maximum absolute atomic E-state index is 13.7. The van der Waals surface area contributed by atoms with Crippen LogP contribution in [0, 0.1) is 6.92 Å². The van der Waals surface area contributed by atoms with Gasteiger partial charge in [-0.05, 0) is 76.6 Å². The summed E-state index contributed by atoms with van der Waals surface area (Å²) in [6, 6.07) is 2.39. The Morgan fingerprint density at radius 1 is 1.20 bits per heavy atom. The summed E-state index contributed by atoms with van der Waals surface area (Å²) < 4.78 is 5.26. The van der Waals surface area contributed by atoms with E-state index in [1.54, 1.807) is 39.8 Å². The van der Waals surface area contributed by atoms with Crippen LogP contribution in [0.2, 0.25) is 0 Å². The maximum Gasteiger partial charge on any atom is 0.408 e. The van der Waals surface area contributed by atoms with E-state index in [0.717, 1.165) is 25.7 Å². The molecule has 0 bridgehead atoms. The van der Waals surface area contributed by atoms with Crippen LogP contribution in [0.25, 0.3) is 0 Å². The summed E-state index contributed by atoms with van der Waals surface area (Å²) in [6.07, 6.45) is 4.33. The molecule has 1 aromatic carbocycles. The van der Waals surface area contributed by atoms with E-state index in [1.165, 1.54) is 11.0 Å². The molecule has 1 saturated carbocycles. The van der Waals surface area contributed by atoms with E-state index in [9.17, 15) is 24.6 Å². The molecule has 3 amide bonds. The average molecular weight is 492 g/mol. The zero-order valence-corrected chi connectivity index (χ0v) is 21.6. The zero-order valence-electron chi connectivity index (χ0n) is 21.6. The van der Waals surface area contributed by atoms with Crippen molar-refractivity contribution in [1.82, 2.24) is 15.5 Å². The molecule has 9 nitrogen and oxygen atoms in total. The Balaban J connectivity index is 2.39. The van der Waals surface area contributed by atoms with Crippen molar-refractivity contribution < 1.29 is 29.3 Å². The number of nitrogens with zero attached hydrogens (tertiary/aromatic N) is 1. The normalized spacial score (nSPS) is 15.5. The van der Waals surface area contributed by atoms with Crippen molar-refractivity contribution in [2.24, 2.45) is 0 Å². The molecule has 2 atom stereocenters. The van der Waals surface area contributed by atoms with Gasteiger partial charge in [0.15, 0.2) is 0 Å². The minimum absolute atomic E-state index is 0.0946. The molecule has 0 aliphatic heterocycles. The molecule has 1 aliphatic rings. The summed E-state index contributed by atoms with van der Waals surface area (Å²) in [6.45, 7) is 8.76. The van der Waals surface area contributed by atoms with Gasteiger partial charge in [0.2, 0.25) is 11.8 Å². The first-order chi connectivity index (χ1) is 16.5. The quantitative estimate of drug-likeness (QED) is 0.352. The predicted octanol–water partition coefficient (Wildman–Crippen LogP) is 3.31. The maximum atomic E-state index is 13.7. The van der Waals surface area contributed by atoms with Crippen molar-refractivity contribution in [1.29, 1.82) is 0 Å². The number of rotatable bonds is 11. The summed E-state index contributed by atoms with van der Waals surface area (Å²) in [4.78, 5) is 41.0. The number of aromatic hydroxyl groups is 1. The number of benzene rings is 1. The van der Waals surface area contributed by atoms with Crippen LogP contribution in [0.4, 0.5) is 4.79 Å². The molecule has 0 radical (unpaired) electrons. The smallest absolute Gasteiger partial charge is 0.408 e. The Kier molecular flexibility index (Phi) is 10.4. The molecule has 1 fully saturated rings. The Morgan fingerprint density at radius 2 is 1.89 bits per heavy atom. The molecule has 0 spiro atoms. The van der Waals surface area contributed by atoms with Crippen molar-refractivity contribution in [2.75, 3.05) is 13.2 Å². The number of aliphatic hydroxyl groups excluding tert-OH is 1. The van der Waals surface area contributed by atoms with Gasteiger partial charge < -0.3 is 30.5 Å². The number of phenols is 1. The minimum atomic E-state index is -1.26. The number of aliphatic hydroxyl groups is 1. The second-order valence-electron chi connectivity index (χ2n) is 10.2. The van der Waals surface area contributed by atoms with Gasteiger partial charge in [0.25, 0.3) is 0 Å². The highest BCUT2D eigenvalue weighted by Crippen LogP contribution is 2.35. The van der Waals surface area contributed by atoms with Gasteiger partial charge in [-0.2, -0.15) is 0 Å². The molecule has 4 N–H and O–H groups in total. The van der Waals surface area contributed by atoms with Crippen LogP contribution in [0.5, 0.6) is 5.75 Å². The first kappa shape index (κ1) is 28.4. The number of hydrogen-bond donors (Lipinski definition) is 4. The van der Waals surface area contributed by atoms with Crippen LogP contribution >= 0.6 is 0 Å². The van der Waals surface area contributed by atoms with Gasteiger partial charge in [0, 0.05) is 12.6 Å². The number of alkyl carbamates (subject to hydrolysis) is 1. The van der Waals surface area contributed by atoms with E-state index < -0.39 is 36.3 Å². The lowest BCUT2D eigenvalue weighted by atomic mass is 9.88. The molecule has 1 aromatic rings. The second kappa shape index (κ2) is 12.8. The molecule has 2 rings (SSSR count). The summed E-state index contributed by atoms with van der Waals surface area (Å²) in [5.41, 5.74) is 0.367. The second-order valence-corrected chi connectivity index (χ2v) is 10.2. The fraction of sp³-hybridized carbons (Fsp3) is 0.654. The average Bonchev–Trinajstić information content (AvgIpc) is 2.74. The number of carbonyl (C=O) groups is 3. The highest BCUT2D eigenvalue weighted by molar-refractivity contribution is 5.92. The third-order valence-corrected chi connectivity index (χ3v) is 6.04. The van der Waals surface area contributed by atoms with Crippen molar-refractivity contribution >= 4 is 17.9 Å². The molecule has 0 aromatic heterocycles. The lowest BCUT2D eigenvalue weighted by molar-refractivity contribution is -0.148. The summed E-state index contributed by atoms with van der Waals surface area (Å²) >= 11 is 0. The molecular formula is C26H41N3O6. The van der Waals surface area contributed by atoms with E-state index in [-0.39, 0.29) is 17.7 Å². The Labute approximate surface area is 208 Å². The van der Waals surface area contributed by atoms with Gasteiger partial charge in [-0.25, -0.2) is 4.79 Å². The summed E-state index contributed by atoms with van der Waals surface area (Å²) in [5.74, 6) is -0.792. The van der Waals surface area contributed by atoms with Crippen LogP contribution in [0.15, 0.2) is 18.2 Å². The van der Waals surface area contributed by atoms with Crippen molar-refractivity contribution in [3.05, 3.63) is 29.3 Å². The highest BCUT2D eigenvalue weighted by atomic mass is 16.6. The summed E-state index contributed by atoms with van der Waals surface area (Å²) in [5, 5.41) is 25.4. The number of unbranched alkanes of at least 4 members (excludes halogenated alkanes) is 2. The highest BCUT2D eigenvalue weighted by Gasteiger charge is 2.41. The van der Waals surface area contributed by atoms with Crippen molar-refractivity contribution in [3.63, 3.8) is 0 Å². The summed E-state index contributed by atoms with van der Waals surface area (Å²) in [7, 11) is 0. The Hall–Kier alpha value is -2.81. The zero-order chi connectivity index (χ0) is 26.2. The van der Waals surface area contributed by atoms with E-state index in [0.29, 0.717) is 30.5 Å². The standard InChI is InChI=1S/C26H41N3O6/c1-6-7-8-14-27-23(32)22(18-12-13-21(31)17(2)15-18)29(19-10-9-11-19)24(33)20(16-30)28-25(34)35-26(3,4)5/h12-13,15,19-20,22,30-31H,6-11,14,16H2,1-5H3,(H,27,32)(H,28,34). The van der Waals surface area contributed by atoms with Gasteiger partial charge in [-0.15, -0.1) is 0 Å². The van der Waals surface area contributed by atoms with Crippen LogP contribution in [0.3, 0.4) is 0 Å². The first-order valence-corrected chi connectivity index (χ1v) is 12.5. The largest absolute Gasteiger partial charge is 0.508 e. The number of hydrogen-bond acceptors (Lipinski definition) is 6. The monoisotopic (exact) mass is 491 g/mol. The predicted molar refractivity (Wildman–Crippen MR) is 133 cm³/mol. The van der Waals surface area contributed by atoms with Gasteiger partial charge in [0.05, 0.1) is 6.61 Å². The van der Waals surface area contributed by atoms with Crippen LogP contribution in [-0.4, -0.2) is 63.9 Å². The number of nitrogens with one attached hydrogen (secondary N) is 2. The molecule has 0 heterocycles. The van der Waals surface area contributed by atoms with Crippen LogP contribution in [-0.2, 0) is 14.3 Å². The molecule has 9 heteroatoms. The Morgan fingerprint density at radius 3 is 2.40 bits per heavy atom. The third-order valence-electron chi connectivity index (χ3n) is 6.04. The van der Waals surface area contributed by atoms with Crippen LogP contribution < -0.4 is 10.6 Å². The van der Waals surface area contributed by atoms with E-state index in [1.807, 2.05) is 0 Å². The molecular weight excluding hydrogens is 450 g/mol. The number of phenolic OH excluding ortho intramolecular Hbond substituents is 1. The fourth-order valence-corrected chi connectivity index (χ4v) is 3.97. The lowest BCUT2D eigenvalue weighted by Crippen LogP contribution is -2.58. The van der Waals surface area contributed by atoms with Gasteiger partial charge in [-0.1, -0.05) is 25.8 Å². The fourth-order valence-electron chi connectivity index (χ4n) is 3.97. The molecule has 1 aliphatic carbocycles. The van der Waals surface area contributed by atoms with E-state index in [2.05, 4.69) is 17.6 Å². The van der Waals surface area contributed by atoms with Crippen LogP contribution in [0.1, 0.15) is 83.4 Å². The van der Waals surface area contributed by atoms with Crippen molar-refractivity contribution in [2.45, 2.75) is 96.9 Å². The van der Waals surface area contributed by atoms with E-state index in [4.69, 9.17) is 4.74 Å². The molecule has 35 heavy (non-hydrogen) atoms. The first-order valence-electron chi connectivity index (χ1n) is 12.5. The Bertz CT molecular complexity index is 878. The topological polar surface area (TPSA) is 128 Å². The SMILES string of the molecule is CCCCCNC(=O)C(c1ccc(O)c(C)c1)N(C(=O)C(CO)NC(=O)OC(C)(C)C)C1CCC1. The third kappa shape index (κ3) is 8.13. The van der Waals surface area contributed by atoms with Gasteiger partial charge >= 0.3 is 6.09 Å². The molecule has 196 valence electrons. The van der Waals surface area contributed by atoms with E-state index >= 15 is 0 Å². The minimum Gasteiger partial charge on any atom is -0.508 e. The van der Waals surface area contributed by atoms with Crippen molar-refractivity contribution in [3.8, 4) is 5.75 Å². The molecule has 0 saturated heterocycles.